The number of amides is 1. The molecular weight excluding hydrogens is 522 g/mol. The Hall–Kier alpha value is -3.37. The van der Waals surface area contributed by atoms with Gasteiger partial charge in [0.05, 0.1) is 30.5 Å². The van der Waals surface area contributed by atoms with Crippen molar-refractivity contribution in [2.75, 3.05) is 25.1 Å². The van der Waals surface area contributed by atoms with Crippen LogP contribution in [0.4, 0.5) is 5.69 Å². The first-order chi connectivity index (χ1) is 16.3. The molecule has 3 rings (SSSR count). The van der Waals surface area contributed by atoms with Crippen LogP contribution >= 0.6 is 15.9 Å². The molecular formula is C24H24BrN3O5S. The van der Waals surface area contributed by atoms with Crippen LogP contribution in [-0.2, 0) is 14.8 Å². The highest BCUT2D eigenvalue weighted by molar-refractivity contribution is 9.10. The molecule has 10 heteroatoms. The van der Waals surface area contributed by atoms with E-state index in [9.17, 15) is 13.2 Å². The zero-order valence-electron chi connectivity index (χ0n) is 18.9. The summed E-state index contributed by atoms with van der Waals surface area (Å²) in [4.78, 5) is 12.9. The number of carbonyl (C=O) groups excluding carboxylic acids is 1. The molecule has 0 bridgehead atoms. The lowest BCUT2D eigenvalue weighted by Crippen LogP contribution is -2.40. The number of methoxy groups -OCH3 is 2. The maximum absolute atomic E-state index is 13.5. The van der Waals surface area contributed by atoms with Gasteiger partial charge in [-0.05, 0) is 48.9 Å². The van der Waals surface area contributed by atoms with Crippen molar-refractivity contribution in [2.45, 2.75) is 11.8 Å². The first kappa shape index (κ1) is 25.3. The lowest BCUT2D eigenvalue weighted by Gasteiger charge is -2.25. The highest BCUT2D eigenvalue weighted by Gasteiger charge is 2.29. The van der Waals surface area contributed by atoms with Gasteiger partial charge in [-0.1, -0.05) is 46.3 Å². The summed E-state index contributed by atoms with van der Waals surface area (Å²) >= 11 is 3.40. The first-order valence-corrected chi connectivity index (χ1v) is 12.4. The first-order valence-electron chi connectivity index (χ1n) is 10.1. The molecule has 0 heterocycles. The maximum Gasteiger partial charge on any atom is 0.264 e. The monoisotopic (exact) mass is 545 g/mol. The fraction of sp³-hybridized carbons (Fsp3) is 0.167. The van der Waals surface area contributed by atoms with E-state index in [1.54, 1.807) is 37.3 Å². The van der Waals surface area contributed by atoms with E-state index in [1.165, 1.54) is 32.4 Å². The lowest BCUT2D eigenvalue weighted by molar-refractivity contribution is -0.119. The van der Waals surface area contributed by atoms with Gasteiger partial charge < -0.3 is 9.47 Å². The van der Waals surface area contributed by atoms with E-state index in [-0.39, 0.29) is 16.3 Å². The summed E-state index contributed by atoms with van der Waals surface area (Å²) in [6, 6.07) is 20.0. The Labute approximate surface area is 207 Å². The second kappa shape index (κ2) is 11.2. The molecule has 0 aliphatic heterocycles. The highest BCUT2D eigenvalue weighted by atomic mass is 79.9. The number of sulfonamides is 1. The van der Waals surface area contributed by atoms with E-state index in [0.29, 0.717) is 11.5 Å². The summed E-state index contributed by atoms with van der Waals surface area (Å²) in [5, 5.41) is 4.13. The summed E-state index contributed by atoms with van der Waals surface area (Å²) in [7, 11) is -1.23. The SMILES string of the molecule is COc1ccc(OC)c(N(CC(=O)N/N=C(/C)c2cccc(Br)c2)S(=O)(=O)c2ccccc2)c1. The number of hydrogen-bond acceptors (Lipinski definition) is 6. The molecule has 0 aliphatic rings. The largest absolute Gasteiger partial charge is 0.497 e. The second-order valence-corrected chi connectivity index (χ2v) is 9.88. The Morgan fingerprint density at radius 3 is 2.38 bits per heavy atom. The summed E-state index contributed by atoms with van der Waals surface area (Å²) in [6.45, 7) is 1.21. The molecule has 0 atom stereocenters. The summed E-state index contributed by atoms with van der Waals surface area (Å²) in [5.74, 6) is 0.0497. The fourth-order valence-electron chi connectivity index (χ4n) is 3.10. The molecule has 0 fully saturated rings. The maximum atomic E-state index is 13.5. The Morgan fingerprint density at radius 1 is 1.00 bits per heavy atom. The third-order valence-electron chi connectivity index (χ3n) is 4.86. The molecule has 3 aromatic rings. The van der Waals surface area contributed by atoms with Crippen molar-refractivity contribution in [3.8, 4) is 11.5 Å². The van der Waals surface area contributed by atoms with Crippen molar-refractivity contribution in [1.82, 2.24) is 5.43 Å². The Balaban J connectivity index is 1.97. The van der Waals surface area contributed by atoms with Crippen molar-refractivity contribution in [3.05, 3.63) is 82.8 Å². The predicted molar refractivity (Wildman–Crippen MR) is 135 cm³/mol. The number of nitrogens with zero attached hydrogens (tertiary/aromatic N) is 2. The van der Waals surface area contributed by atoms with Crippen molar-refractivity contribution in [3.63, 3.8) is 0 Å². The van der Waals surface area contributed by atoms with E-state index in [2.05, 4.69) is 26.5 Å². The topological polar surface area (TPSA) is 97.3 Å². The average Bonchev–Trinajstić information content (AvgIpc) is 2.85. The predicted octanol–water partition coefficient (Wildman–Crippen LogP) is 4.20. The van der Waals surface area contributed by atoms with Crippen LogP contribution in [0.3, 0.4) is 0 Å². The fourth-order valence-corrected chi connectivity index (χ4v) is 4.94. The third kappa shape index (κ3) is 5.95. The zero-order valence-corrected chi connectivity index (χ0v) is 21.3. The summed E-state index contributed by atoms with van der Waals surface area (Å²) in [5.41, 5.74) is 3.97. The van der Waals surface area contributed by atoms with Crippen LogP contribution in [0.25, 0.3) is 0 Å². The van der Waals surface area contributed by atoms with E-state index in [1.807, 2.05) is 24.3 Å². The molecule has 34 heavy (non-hydrogen) atoms. The summed E-state index contributed by atoms with van der Waals surface area (Å²) in [6.07, 6.45) is 0. The zero-order chi connectivity index (χ0) is 24.7. The number of nitrogens with one attached hydrogen (secondary N) is 1. The normalized spacial score (nSPS) is 11.6. The van der Waals surface area contributed by atoms with E-state index >= 15 is 0 Å². The molecule has 0 unspecified atom stereocenters. The molecule has 0 aliphatic carbocycles. The van der Waals surface area contributed by atoms with Crippen molar-refractivity contribution in [1.29, 1.82) is 0 Å². The van der Waals surface area contributed by atoms with Gasteiger partial charge in [-0.2, -0.15) is 5.10 Å². The van der Waals surface area contributed by atoms with Gasteiger partial charge in [0.15, 0.2) is 0 Å². The van der Waals surface area contributed by atoms with E-state index in [4.69, 9.17) is 9.47 Å². The molecule has 1 N–H and O–H groups in total. The molecule has 8 nitrogen and oxygen atoms in total. The quantitative estimate of drug-likeness (QED) is 0.321. The minimum atomic E-state index is -4.12. The molecule has 1 amide bonds. The number of carbonyl (C=O) groups is 1. The number of anilines is 1. The van der Waals surface area contributed by atoms with Crippen molar-refractivity contribution >= 4 is 43.3 Å². The Bertz CT molecular complexity index is 1300. The van der Waals surface area contributed by atoms with Gasteiger partial charge in [-0.3, -0.25) is 9.10 Å². The standard InChI is InChI=1S/C24H24BrN3O5S/c1-17(18-8-7-9-19(25)14-18)26-27-24(29)16-28(34(30,31)21-10-5-4-6-11-21)22-15-20(32-2)12-13-23(22)33-3/h4-15H,16H2,1-3H3,(H,27,29)/b26-17-. The molecule has 0 aromatic heterocycles. The minimum absolute atomic E-state index is 0.0292. The van der Waals surface area contributed by atoms with Gasteiger partial charge in [0.1, 0.15) is 18.0 Å². The van der Waals surface area contributed by atoms with Crippen LogP contribution in [0.2, 0.25) is 0 Å². The number of hydrazone groups is 1. The number of hydrogen-bond donors (Lipinski definition) is 1. The number of halogens is 1. The van der Waals surface area contributed by atoms with Crippen LogP contribution in [0.1, 0.15) is 12.5 Å². The van der Waals surface area contributed by atoms with E-state index < -0.39 is 22.5 Å². The third-order valence-corrected chi connectivity index (χ3v) is 7.13. The van der Waals surface area contributed by atoms with Crippen molar-refractivity contribution < 1.29 is 22.7 Å². The second-order valence-electron chi connectivity index (χ2n) is 7.11. The molecule has 178 valence electrons. The number of benzene rings is 3. The van der Waals surface area contributed by atoms with Gasteiger partial charge in [0, 0.05) is 10.5 Å². The molecule has 3 aromatic carbocycles. The summed E-state index contributed by atoms with van der Waals surface area (Å²) < 4.78 is 39.6. The smallest absolute Gasteiger partial charge is 0.264 e. The lowest BCUT2D eigenvalue weighted by atomic mass is 10.1. The number of rotatable bonds is 9. The molecule has 0 spiro atoms. The highest BCUT2D eigenvalue weighted by Crippen LogP contribution is 2.35. The van der Waals surface area contributed by atoms with Gasteiger partial charge in [0.2, 0.25) is 0 Å². The Morgan fingerprint density at radius 2 is 1.74 bits per heavy atom. The van der Waals surface area contributed by atoms with Crippen LogP contribution < -0.4 is 19.2 Å². The van der Waals surface area contributed by atoms with Gasteiger partial charge in [0.25, 0.3) is 15.9 Å². The van der Waals surface area contributed by atoms with E-state index in [0.717, 1.165) is 14.3 Å². The molecule has 0 saturated carbocycles. The average molecular weight is 546 g/mol. The van der Waals surface area contributed by atoms with Crippen LogP contribution in [0.15, 0.2) is 87.3 Å². The van der Waals surface area contributed by atoms with Crippen LogP contribution in [-0.4, -0.2) is 40.8 Å². The van der Waals surface area contributed by atoms with Crippen molar-refractivity contribution in [2.24, 2.45) is 5.10 Å². The van der Waals surface area contributed by atoms with Crippen LogP contribution in [0.5, 0.6) is 11.5 Å². The van der Waals surface area contributed by atoms with Crippen LogP contribution in [0, 0.1) is 0 Å². The number of ether oxygens (including phenoxy) is 2. The minimum Gasteiger partial charge on any atom is -0.497 e. The van der Waals surface area contributed by atoms with Gasteiger partial charge in [-0.25, -0.2) is 13.8 Å². The van der Waals surface area contributed by atoms with Gasteiger partial charge >= 0.3 is 0 Å². The Kier molecular flexibility index (Phi) is 8.30. The molecule has 0 saturated heterocycles. The van der Waals surface area contributed by atoms with Gasteiger partial charge in [-0.15, -0.1) is 0 Å². The molecule has 0 radical (unpaired) electrons.